The van der Waals surface area contributed by atoms with Crippen LogP contribution in [-0.2, 0) is 9.59 Å². The molecule has 2 aromatic rings. The van der Waals surface area contributed by atoms with Crippen LogP contribution in [0.2, 0.25) is 0 Å². The van der Waals surface area contributed by atoms with Gasteiger partial charge in [0, 0.05) is 30.0 Å². The van der Waals surface area contributed by atoms with Crippen molar-refractivity contribution >= 4 is 29.1 Å². The number of anilines is 2. The Balaban J connectivity index is 1.38. The van der Waals surface area contributed by atoms with E-state index in [9.17, 15) is 14.4 Å². The zero-order valence-electron chi connectivity index (χ0n) is 20.9. The van der Waals surface area contributed by atoms with Crippen molar-refractivity contribution in [3.63, 3.8) is 0 Å². The van der Waals surface area contributed by atoms with E-state index in [0.29, 0.717) is 17.3 Å². The molecule has 2 heterocycles. The molecule has 1 aliphatic heterocycles. The van der Waals surface area contributed by atoms with Crippen molar-refractivity contribution in [2.45, 2.75) is 76.4 Å². The number of pyridine rings is 1. The van der Waals surface area contributed by atoms with E-state index < -0.39 is 0 Å². The second kappa shape index (κ2) is 10.8. The summed E-state index contributed by atoms with van der Waals surface area (Å²) in [5.41, 5.74) is 2.79. The molecule has 5 rings (SSSR count). The predicted molar refractivity (Wildman–Crippen MR) is 139 cm³/mol. The molecule has 36 heavy (non-hydrogen) atoms. The number of benzene rings is 1. The van der Waals surface area contributed by atoms with Crippen molar-refractivity contribution < 1.29 is 14.4 Å². The molecule has 0 spiro atoms. The average Bonchev–Trinajstić information content (AvgIpc) is 2.88. The lowest BCUT2D eigenvalue weighted by atomic mass is 9.90. The van der Waals surface area contributed by atoms with Gasteiger partial charge in [-0.2, -0.15) is 0 Å². The lowest BCUT2D eigenvalue weighted by molar-refractivity contribution is -0.123. The van der Waals surface area contributed by atoms with Crippen molar-refractivity contribution in [1.29, 1.82) is 0 Å². The first-order chi connectivity index (χ1) is 17.5. The van der Waals surface area contributed by atoms with Crippen molar-refractivity contribution in [2.75, 3.05) is 22.9 Å². The molecule has 2 fully saturated rings. The average molecular weight is 490 g/mol. The smallest absolute Gasteiger partial charge is 0.251 e. The van der Waals surface area contributed by atoms with E-state index in [0.717, 1.165) is 43.4 Å². The third kappa shape index (κ3) is 5.14. The van der Waals surface area contributed by atoms with Gasteiger partial charge in [-0.15, -0.1) is 0 Å². The molecular weight excluding hydrogens is 454 g/mol. The normalized spacial score (nSPS) is 19.4. The number of amides is 3. The van der Waals surface area contributed by atoms with E-state index in [2.05, 4.69) is 15.6 Å². The van der Waals surface area contributed by atoms with Crippen LogP contribution >= 0.6 is 0 Å². The molecule has 2 N–H and O–H groups in total. The first-order valence-corrected chi connectivity index (χ1v) is 13.2. The summed E-state index contributed by atoms with van der Waals surface area (Å²) < 4.78 is 0. The Morgan fingerprint density at radius 3 is 2.44 bits per heavy atom. The standard InChI is InChI=1S/C28H35N5O3/c1-19(20-12-14-29-15-13-20)31-28(36)21-10-11-24-25(16-21)32(18-27(35)33(24)23-8-5-9-23)26(34)17-30-22-6-3-2-4-7-22/h10-16,19,22-23,30H,2-9,17-18H2,1H3,(H,31,36). The SMILES string of the molecule is CC(NC(=O)c1ccc2c(c1)N(C(=O)CNC1CCCCC1)CC(=O)N2C1CCC1)c1ccncc1. The molecule has 190 valence electrons. The Kier molecular flexibility index (Phi) is 7.32. The van der Waals surface area contributed by atoms with E-state index in [1.807, 2.05) is 30.0 Å². The zero-order valence-corrected chi connectivity index (χ0v) is 20.9. The number of rotatable bonds is 7. The first kappa shape index (κ1) is 24.4. The summed E-state index contributed by atoms with van der Waals surface area (Å²) >= 11 is 0. The van der Waals surface area contributed by atoms with Crippen LogP contribution < -0.4 is 20.4 Å². The first-order valence-electron chi connectivity index (χ1n) is 13.2. The molecule has 8 heteroatoms. The van der Waals surface area contributed by atoms with Crippen LogP contribution in [0.1, 0.15) is 80.3 Å². The maximum absolute atomic E-state index is 13.3. The topological polar surface area (TPSA) is 94.6 Å². The molecule has 0 saturated heterocycles. The predicted octanol–water partition coefficient (Wildman–Crippen LogP) is 3.73. The van der Waals surface area contributed by atoms with Gasteiger partial charge in [0.1, 0.15) is 6.54 Å². The summed E-state index contributed by atoms with van der Waals surface area (Å²) in [6.45, 7) is 2.12. The van der Waals surface area contributed by atoms with Gasteiger partial charge in [-0.3, -0.25) is 24.3 Å². The Bertz CT molecular complexity index is 1110. The minimum absolute atomic E-state index is 0.00711. The number of carbonyl (C=O) groups is 3. The molecule has 1 atom stereocenters. The maximum atomic E-state index is 13.3. The number of aromatic nitrogens is 1. The van der Waals surface area contributed by atoms with E-state index in [-0.39, 0.29) is 42.9 Å². The summed E-state index contributed by atoms with van der Waals surface area (Å²) in [5, 5.41) is 6.44. The molecule has 3 aliphatic rings. The highest BCUT2D eigenvalue weighted by Crippen LogP contribution is 2.40. The van der Waals surface area contributed by atoms with Gasteiger partial charge >= 0.3 is 0 Å². The van der Waals surface area contributed by atoms with Crippen LogP contribution in [0.4, 0.5) is 11.4 Å². The lowest BCUT2D eigenvalue weighted by Crippen LogP contribution is -2.55. The van der Waals surface area contributed by atoms with Gasteiger partial charge < -0.3 is 15.5 Å². The number of hydrogen-bond acceptors (Lipinski definition) is 5. The fourth-order valence-electron chi connectivity index (χ4n) is 5.43. The minimum Gasteiger partial charge on any atom is -0.346 e. The number of nitrogens with one attached hydrogen (secondary N) is 2. The fourth-order valence-corrected chi connectivity index (χ4v) is 5.43. The highest BCUT2D eigenvalue weighted by atomic mass is 16.2. The molecule has 8 nitrogen and oxygen atoms in total. The third-order valence-corrected chi connectivity index (χ3v) is 7.79. The van der Waals surface area contributed by atoms with Crippen LogP contribution in [0.3, 0.4) is 0 Å². The number of nitrogens with zero attached hydrogens (tertiary/aromatic N) is 3. The fraction of sp³-hybridized carbons (Fsp3) is 0.500. The summed E-state index contributed by atoms with van der Waals surface area (Å²) in [5.74, 6) is -0.408. The van der Waals surface area contributed by atoms with Gasteiger partial charge in [-0.05, 0) is 74.9 Å². The molecule has 1 unspecified atom stereocenters. The summed E-state index contributed by atoms with van der Waals surface area (Å²) in [4.78, 5) is 47.1. The largest absolute Gasteiger partial charge is 0.346 e. The summed E-state index contributed by atoms with van der Waals surface area (Å²) in [7, 11) is 0. The van der Waals surface area contributed by atoms with Gasteiger partial charge in [-0.1, -0.05) is 19.3 Å². The third-order valence-electron chi connectivity index (χ3n) is 7.79. The second-order valence-corrected chi connectivity index (χ2v) is 10.2. The maximum Gasteiger partial charge on any atom is 0.251 e. The summed E-state index contributed by atoms with van der Waals surface area (Å²) in [6, 6.07) is 9.41. The van der Waals surface area contributed by atoms with Crippen molar-refractivity contribution in [1.82, 2.24) is 15.6 Å². The number of carbonyl (C=O) groups excluding carboxylic acids is 3. The van der Waals surface area contributed by atoms with Gasteiger partial charge in [0.2, 0.25) is 11.8 Å². The van der Waals surface area contributed by atoms with Crippen LogP contribution in [0.5, 0.6) is 0 Å². The highest BCUT2D eigenvalue weighted by molar-refractivity contribution is 6.13. The molecule has 0 radical (unpaired) electrons. The van der Waals surface area contributed by atoms with E-state index in [1.165, 1.54) is 19.3 Å². The highest BCUT2D eigenvalue weighted by Gasteiger charge is 2.38. The zero-order chi connectivity index (χ0) is 25.1. The van der Waals surface area contributed by atoms with Gasteiger partial charge in [0.15, 0.2) is 0 Å². The molecule has 3 amide bonds. The van der Waals surface area contributed by atoms with Crippen LogP contribution in [-0.4, -0.2) is 47.9 Å². The second-order valence-electron chi connectivity index (χ2n) is 10.2. The van der Waals surface area contributed by atoms with Gasteiger partial charge in [0.25, 0.3) is 5.91 Å². The molecular formula is C28H35N5O3. The number of fused-ring (bicyclic) bond motifs is 1. The molecule has 2 aliphatic carbocycles. The van der Waals surface area contributed by atoms with Crippen LogP contribution in [0, 0.1) is 0 Å². The number of hydrogen-bond donors (Lipinski definition) is 2. The Labute approximate surface area is 212 Å². The van der Waals surface area contributed by atoms with E-state index in [4.69, 9.17) is 0 Å². The van der Waals surface area contributed by atoms with Gasteiger partial charge in [-0.25, -0.2) is 0 Å². The Morgan fingerprint density at radius 2 is 1.75 bits per heavy atom. The van der Waals surface area contributed by atoms with Crippen molar-refractivity contribution in [2.24, 2.45) is 0 Å². The van der Waals surface area contributed by atoms with Crippen molar-refractivity contribution in [3.8, 4) is 0 Å². The lowest BCUT2D eigenvalue weighted by Gasteiger charge is -2.43. The quantitative estimate of drug-likeness (QED) is 0.618. The Hall–Kier alpha value is -3.26. The van der Waals surface area contributed by atoms with Crippen LogP contribution in [0.25, 0.3) is 0 Å². The minimum atomic E-state index is -0.220. The van der Waals surface area contributed by atoms with E-state index in [1.54, 1.807) is 29.4 Å². The Morgan fingerprint density at radius 1 is 1.00 bits per heavy atom. The molecule has 1 aromatic heterocycles. The van der Waals surface area contributed by atoms with Gasteiger partial charge in [0.05, 0.1) is 24.0 Å². The van der Waals surface area contributed by atoms with E-state index >= 15 is 0 Å². The monoisotopic (exact) mass is 489 g/mol. The molecule has 1 aromatic carbocycles. The van der Waals surface area contributed by atoms with Crippen LogP contribution in [0.15, 0.2) is 42.7 Å². The molecule has 0 bridgehead atoms. The van der Waals surface area contributed by atoms with Crippen molar-refractivity contribution in [3.05, 3.63) is 53.9 Å². The molecule has 2 saturated carbocycles. The summed E-state index contributed by atoms with van der Waals surface area (Å²) in [6.07, 6.45) is 12.2.